The fourth-order valence-corrected chi connectivity index (χ4v) is 2.80. The van der Waals surface area contributed by atoms with Gasteiger partial charge in [-0.05, 0) is 30.5 Å². The van der Waals surface area contributed by atoms with Gasteiger partial charge >= 0.3 is 5.97 Å². The maximum Gasteiger partial charge on any atom is 0.338 e. The van der Waals surface area contributed by atoms with Crippen LogP contribution < -0.4 is 0 Å². The van der Waals surface area contributed by atoms with E-state index in [1.165, 1.54) is 12.1 Å². The normalized spacial score (nSPS) is 13.0. The Bertz CT molecular complexity index is 584. The number of benzene rings is 1. The third kappa shape index (κ3) is 5.31. The zero-order chi connectivity index (χ0) is 15.3. The van der Waals surface area contributed by atoms with Crippen molar-refractivity contribution in [2.75, 3.05) is 6.61 Å². The van der Waals surface area contributed by atoms with Crippen LogP contribution in [0.5, 0.6) is 0 Å². The Morgan fingerprint density at radius 2 is 2.00 bits per heavy atom. The van der Waals surface area contributed by atoms with Crippen molar-refractivity contribution >= 4 is 37.3 Å². The fraction of sp³-hybridized carbons (Fsp3) is 0.462. The molecule has 0 aromatic heterocycles. The summed E-state index contributed by atoms with van der Waals surface area (Å²) in [5, 5.41) is 0.111. The molecule has 1 rings (SSSR count). The molecule has 0 aliphatic heterocycles. The zero-order valence-corrected chi connectivity index (χ0v) is 13.6. The lowest BCUT2D eigenvalue weighted by atomic mass is 10.1. The molecule has 0 aliphatic rings. The monoisotopic (exact) mass is 338 g/mol. The van der Waals surface area contributed by atoms with E-state index in [4.69, 9.17) is 27.0 Å². The van der Waals surface area contributed by atoms with Gasteiger partial charge in [0.05, 0.1) is 17.1 Å². The Labute approximate surface area is 128 Å². The molecule has 112 valence electrons. The second-order valence-electron chi connectivity index (χ2n) is 4.61. The van der Waals surface area contributed by atoms with Crippen LogP contribution >= 0.6 is 22.3 Å². The first-order valence-electron chi connectivity index (χ1n) is 6.16. The number of ether oxygens (including phenoxy) is 1. The van der Waals surface area contributed by atoms with Gasteiger partial charge in [-0.25, -0.2) is 13.2 Å². The number of halogens is 2. The Kier molecular flexibility index (Phi) is 6.30. The molecular weight excluding hydrogens is 323 g/mol. The van der Waals surface area contributed by atoms with Crippen LogP contribution in [0.2, 0.25) is 5.02 Å². The number of rotatable bonds is 6. The highest BCUT2D eigenvalue weighted by atomic mass is 35.7. The Morgan fingerprint density at radius 1 is 1.35 bits per heavy atom. The maximum atomic E-state index is 11.9. The average molecular weight is 339 g/mol. The molecule has 20 heavy (non-hydrogen) atoms. The zero-order valence-electron chi connectivity index (χ0n) is 11.2. The van der Waals surface area contributed by atoms with Crippen molar-refractivity contribution < 1.29 is 17.9 Å². The topological polar surface area (TPSA) is 60.4 Å². The Hall–Kier alpha value is -0.780. The molecule has 0 heterocycles. The van der Waals surface area contributed by atoms with E-state index in [0.29, 0.717) is 0 Å². The van der Waals surface area contributed by atoms with E-state index in [-0.39, 0.29) is 28.0 Å². The lowest BCUT2D eigenvalue weighted by Gasteiger charge is -2.11. The van der Waals surface area contributed by atoms with E-state index in [9.17, 15) is 13.2 Å². The van der Waals surface area contributed by atoms with E-state index < -0.39 is 15.0 Å². The number of carbonyl (C=O) groups excluding carboxylic acids is 1. The molecule has 1 aromatic rings. The lowest BCUT2D eigenvalue weighted by Crippen LogP contribution is -2.12. The largest absolute Gasteiger partial charge is 0.462 e. The minimum atomic E-state index is -3.94. The van der Waals surface area contributed by atoms with Gasteiger partial charge in [-0.15, -0.1) is 0 Å². The van der Waals surface area contributed by atoms with Gasteiger partial charge in [-0.3, -0.25) is 0 Å². The Balaban J connectivity index is 2.86. The van der Waals surface area contributed by atoms with Crippen molar-refractivity contribution in [3.8, 4) is 0 Å². The number of esters is 1. The molecule has 0 N–H and O–H groups in total. The number of hydrogen-bond donors (Lipinski definition) is 0. The summed E-state index contributed by atoms with van der Waals surface area (Å²) in [7, 11) is 1.30. The molecule has 0 radical (unpaired) electrons. The SMILES string of the molecule is CCCC(C)COC(=O)c1cc(Cl)cc(S(=O)(=O)Cl)c1. The van der Waals surface area contributed by atoms with Crippen LogP contribution in [0, 0.1) is 5.92 Å². The van der Waals surface area contributed by atoms with Crippen molar-refractivity contribution in [1.82, 2.24) is 0 Å². The summed E-state index contributed by atoms with van der Waals surface area (Å²) in [6, 6.07) is 3.68. The first-order valence-corrected chi connectivity index (χ1v) is 8.85. The summed E-state index contributed by atoms with van der Waals surface area (Å²) in [5.41, 5.74) is 0.0698. The molecule has 0 fully saturated rings. The van der Waals surface area contributed by atoms with Crippen LogP contribution in [0.4, 0.5) is 0 Å². The van der Waals surface area contributed by atoms with Gasteiger partial charge in [0.25, 0.3) is 9.05 Å². The van der Waals surface area contributed by atoms with Gasteiger partial charge in [-0.1, -0.05) is 31.9 Å². The lowest BCUT2D eigenvalue weighted by molar-refractivity contribution is 0.0443. The fourth-order valence-electron chi connectivity index (χ4n) is 1.70. The van der Waals surface area contributed by atoms with Crippen molar-refractivity contribution in [3.63, 3.8) is 0 Å². The van der Waals surface area contributed by atoms with E-state index in [1.807, 2.05) is 13.8 Å². The molecular formula is C13H16Cl2O4S. The molecule has 0 amide bonds. The Morgan fingerprint density at radius 3 is 2.55 bits per heavy atom. The van der Waals surface area contributed by atoms with Crippen LogP contribution in [-0.4, -0.2) is 21.0 Å². The van der Waals surface area contributed by atoms with Crippen LogP contribution in [0.1, 0.15) is 37.0 Å². The van der Waals surface area contributed by atoms with Crippen LogP contribution in [0.15, 0.2) is 23.1 Å². The molecule has 1 aromatic carbocycles. The molecule has 1 unspecified atom stereocenters. The molecule has 1 atom stereocenters. The first kappa shape index (κ1) is 17.3. The third-order valence-electron chi connectivity index (χ3n) is 2.67. The van der Waals surface area contributed by atoms with Gasteiger partial charge in [0.2, 0.25) is 0 Å². The predicted octanol–water partition coefficient (Wildman–Crippen LogP) is 3.86. The number of hydrogen-bond acceptors (Lipinski definition) is 4. The summed E-state index contributed by atoms with van der Waals surface area (Å²) in [5.74, 6) is -0.364. The molecule has 0 aliphatic carbocycles. The van der Waals surface area contributed by atoms with E-state index in [2.05, 4.69) is 0 Å². The molecule has 0 spiro atoms. The molecule has 0 saturated heterocycles. The summed E-state index contributed by atoms with van der Waals surface area (Å²) in [6.07, 6.45) is 1.95. The van der Waals surface area contributed by atoms with E-state index in [1.54, 1.807) is 0 Å². The van der Waals surface area contributed by atoms with Crippen molar-refractivity contribution in [2.24, 2.45) is 5.92 Å². The maximum absolute atomic E-state index is 11.9. The van der Waals surface area contributed by atoms with Gasteiger partial charge < -0.3 is 4.74 Å². The van der Waals surface area contributed by atoms with Gasteiger partial charge in [-0.2, -0.15) is 0 Å². The van der Waals surface area contributed by atoms with Crippen LogP contribution in [0.25, 0.3) is 0 Å². The summed E-state index contributed by atoms with van der Waals surface area (Å²) in [4.78, 5) is 11.6. The minimum Gasteiger partial charge on any atom is -0.462 e. The average Bonchev–Trinajstić information content (AvgIpc) is 2.34. The van der Waals surface area contributed by atoms with Crippen LogP contribution in [0.3, 0.4) is 0 Å². The van der Waals surface area contributed by atoms with Gasteiger partial charge in [0.15, 0.2) is 0 Å². The number of carbonyl (C=O) groups is 1. The smallest absolute Gasteiger partial charge is 0.338 e. The summed E-state index contributed by atoms with van der Waals surface area (Å²) in [6.45, 7) is 4.30. The van der Waals surface area contributed by atoms with E-state index >= 15 is 0 Å². The highest BCUT2D eigenvalue weighted by Crippen LogP contribution is 2.22. The second-order valence-corrected chi connectivity index (χ2v) is 7.61. The summed E-state index contributed by atoms with van der Waals surface area (Å²) < 4.78 is 27.7. The first-order chi connectivity index (χ1) is 9.24. The van der Waals surface area contributed by atoms with E-state index in [0.717, 1.165) is 18.9 Å². The van der Waals surface area contributed by atoms with Crippen molar-refractivity contribution in [2.45, 2.75) is 31.6 Å². The van der Waals surface area contributed by atoms with Gasteiger partial charge in [0.1, 0.15) is 0 Å². The third-order valence-corrected chi connectivity index (χ3v) is 4.22. The van der Waals surface area contributed by atoms with Crippen LogP contribution in [-0.2, 0) is 13.8 Å². The van der Waals surface area contributed by atoms with Crippen molar-refractivity contribution in [3.05, 3.63) is 28.8 Å². The molecule has 4 nitrogen and oxygen atoms in total. The second kappa shape index (κ2) is 7.29. The van der Waals surface area contributed by atoms with Crippen molar-refractivity contribution in [1.29, 1.82) is 0 Å². The summed E-state index contributed by atoms with van der Waals surface area (Å²) >= 11 is 5.78. The predicted molar refractivity (Wildman–Crippen MR) is 78.8 cm³/mol. The minimum absolute atomic E-state index is 0.0698. The standard InChI is InChI=1S/C13H16Cl2O4S/c1-3-4-9(2)8-19-13(16)10-5-11(14)7-12(6-10)20(15,17)18/h5-7,9H,3-4,8H2,1-2H3. The highest BCUT2D eigenvalue weighted by molar-refractivity contribution is 8.13. The highest BCUT2D eigenvalue weighted by Gasteiger charge is 2.17. The quantitative estimate of drug-likeness (QED) is 0.583. The molecule has 0 bridgehead atoms. The molecule has 7 heteroatoms. The van der Waals surface area contributed by atoms with Gasteiger partial charge in [0, 0.05) is 15.7 Å². The molecule has 0 saturated carbocycles.